The zero-order chi connectivity index (χ0) is 19.0. The third-order valence-corrected chi connectivity index (χ3v) is 5.21. The summed E-state index contributed by atoms with van der Waals surface area (Å²) in [5.74, 6) is -0.612. The van der Waals surface area contributed by atoms with E-state index in [1.165, 1.54) is 0 Å². The van der Waals surface area contributed by atoms with Gasteiger partial charge in [-0.15, -0.1) is 0 Å². The first-order chi connectivity index (χ1) is 13.0. The van der Waals surface area contributed by atoms with Crippen LogP contribution in [0.25, 0.3) is 0 Å². The summed E-state index contributed by atoms with van der Waals surface area (Å²) in [5, 5.41) is 14.5. The highest BCUT2D eigenvalue weighted by Crippen LogP contribution is 2.37. The van der Waals surface area contributed by atoms with Crippen LogP contribution in [0.3, 0.4) is 0 Å². The third-order valence-electron chi connectivity index (χ3n) is 5.21. The van der Waals surface area contributed by atoms with Gasteiger partial charge in [0.1, 0.15) is 18.4 Å². The van der Waals surface area contributed by atoms with E-state index < -0.39 is 12.0 Å². The molecule has 4 rings (SSSR count). The minimum absolute atomic E-state index is 0.0476. The quantitative estimate of drug-likeness (QED) is 0.625. The van der Waals surface area contributed by atoms with Crippen molar-refractivity contribution in [2.45, 2.75) is 24.9 Å². The Balaban J connectivity index is 1.44. The summed E-state index contributed by atoms with van der Waals surface area (Å²) in [6.45, 7) is 2.63. The number of carboxylic acid groups (broad SMARTS) is 1. The lowest BCUT2D eigenvalue weighted by Gasteiger charge is -2.45. The van der Waals surface area contributed by atoms with Gasteiger partial charge in [0.25, 0.3) is 0 Å². The second-order valence-electron chi connectivity index (χ2n) is 7.12. The number of nitrogens with zero attached hydrogens (tertiary/aromatic N) is 2. The zero-order valence-electron chi connectivity index (χ0n) is 14.8. The summed E-state index contributed by atoms with van der Waals surface area (Å²) in [4.78, 5) is 38.3. The Morgan fingerprint density at radius 3 is 2.96 bits per heavy atom. The van der Waals surface area contributed by atoms with Crippen molar-refractivity contribution in [1.29, 1.82) is 0 Å². The molecule has 3 aliphatic rings. The fraction of sp³-hybridized carbons (Fsp3) is 0.500. The fourth-order valence-electron chi connectivity index (χ4n) is 3.89. The van der Waals surface area contributed by atoms with Crippen LogP contribution in [-0.4, -0.2) is 72.7 Å². The molecule has 3 aliphatic heterocycles. The van der Waals surface area contributed by atoms with Crippen molar-refractivity contribution in [2.24, 2.45) is 0 Å². The van der Waals surface area contributed by atoms with Gasteiger partial charge in [0.05, 0.1) is 18.3 Å². The van der Waals surface area contributed by atoms with Crippen LogP contribution in [0.2, 0.25) is 0 Å². The number of rotatable bonds is 4. The molecule has 0 bridgehead atoms. The summed E-state index contributed by atoms with van der Waals surface area (Å²) in [6, 6.07) is 5.43. The topological polar surface area (TPSA) is 111 Å². The van der Waals surface area contributed by atoms with Crippen molar-refractivity contribution in [2.75, 3.05) is 43.0 Å². The van der Waals surface area contributed by atoms with Gasteiger partial charge in [-0.3, -0.25) is 24.6 Å². The summed E-state index contributed by atoms with van der Waals surface area (Å²) in [5.41, 5.74) is 1.75. The number of aliphatic carboxylic acids is 1. The van der Waals surface area contributed by atoms with Crippen LogP contribution < -0.4 is 20.3 Å². The Labute approximate surface area is 156 Å². The van der Waals surface area contributed by atoms with Crippen LogP contribution in [0.5, 0.6) is 5.75 Å². The highest BCUT2D eigenvalue weighted by molar-refractivity contribution is 6.01. The zero-order valence-corrected chi connectivity index (χ0v) is 14.8. The van der Waals surface area contributed by atoms with Gasteiger partial charge in [-0.25, -0.2) is 0 Å². The first-order valence-electron chi connectivity index (χ1n) is 9.07. The molecule has 1 aromatic carbocycles. The maximum Gasteiger partial charge on any atom is 0.317 e. The van der Waals surface area contributed by atoms with Crippen molar-refractivity contribution in [3.8, 4) is 5.75 Å². The van der Waals surface area contributed by atoms with Crippen molar-refractivity contribution in [1.82, 2.24) is 10.2 Å². The molecule has 9 heteroatoms. The summed E-state index contributed by atoms with van der Waals surface area (Å²) >= 11 is 0. The van der Waals surface area contributed by atoms with Crippen LogP contribution in [0.1, 0.15) is 12.8 Å². The van der Waals surface area contributed by atoms with Gasteiger partial charge in [0.2, 0.25) is 11.8 Å². The number of piperidine rings is 1. The summed E-state index contributed by atoms with van der Waals surface area (Å²) in [6.07, 6.45) is 0.795. The van der Waals surface area contributed by atoms with Gasteiger partial charge < -0.3 is 20.1 Å². The number of carbonyl (C=O) groups is 3. The maximum atomic E-state index is 11.9. The fourth-order valence-corrected chi connectivity index (χ4v) is 3.89. The van der Waals surface area contributed by atoms with Crippen LogP contribution >= 0.6 is 0 Å². The molecule has 0 aliphatic carbocycles. The monoisotopic (exact) mass is 374 g/mol. The van der Waals surface area contributed by atoms with E-state index in [0.29, 0.717) is 32.5 Å². The van der Waals surface area contributed by atoms with Crippen LogP contribution in [0.15, 0.2) is 18.2 Å². The van der Waals surface area contributed by atoms with Gasteiger partial charge in [0.15, 0.2) is 0 Å². The van der Waals surface area contributed by atoms with Gasteiger partial charge in [-0.1, -0.05) is 0 Å². The molecule has 2 atom stereocenters. The first-order valence-corrected chi connectivity index (χ1v) is 9.07. The van der Waals surface area contributed by atoms with Crippen molar-refractivity contribution < 1.29 is 24.2 Å². The SMILES string of the molecule is O=C(O)CN1CCN2c3ccc(NC4CCC(=O)NC4=O)cc3OC[C@H]2C1. The molecule has 2 saturated heterocycles. The third kappa shape index (κ3) is 3.68. The van der Waals surface area contributed by atoms with Crippen molar-refractivity contribution in [3.05, 3.63) is 18.2 Å². The lowest BCUT2D eigenvalue weighted by Crippen LogP contribution is -2.57. The summed E-state index contributed by atoms with van der Waals surface area (Å²) in [7, 11) is 0. The molecular weight excluding hydrogens is 352 g/mol. The molecule has 0 spiro atoms. The molecule has 27 heavy (non-hydrogen) atoms. The Morgan fingerprint density at radius 2 is 2.19 bits per heavy atom. The Kier molecular flexibility index (Phi) is 4.61. The molecule has 1 unspecified atom stereocenters. The van der Waals surface area contributed by atoms with E-state index >= 15 is 0 Å². The second-order valence-corrected chi connectivity index (χ2v) is 7.12. The molecule has 144 valence electrons. The van der Waals surface area contributed by atoms with Gasteiger partial charge in [-0.2, -0.15) is 0 Å². The molecule has 2 amide bonds. The van der Waals surface area contributed by atoms with Crippen LogP contribution in [-0.2, 0) is 14.4 Å². The number of piperazine rings is 1. The van der Waals surface area contributed by atoms with E-state index in [1.54, 1.807) is 0 Å². The van der Waals surface area contributed by atoms with E-state index in [9.17, 15) is 14.4 Å². The Hall–Kier alpha value is -2.81. The average Bonchev–Trinajstić information content (AvgIpc) is 2.63. The van der Waals surface area contributed by atoms with Crippen molar-refractivity contribution in [3.63, 3.8) is 0 Å². The smallest absolute Gasteiger partial charge is 0.317 e. The van der Waals surface area contributed by atoms with Gasteiger partial charge >= 0.3 is 5.97 Å². The first kappa shape index (κ1) is 17.6. The predicted molar refractivity (Wildman–Crippen MR) is 96.9 cm³/mol. The molecule has 9 nitrogen and oxygen atoms in total. The number of ether oxygens (including phenoxy) is 1. The average molecular weight is 374 g/mol. The normalized spacial score (nSPS) is 25.1. The lowest BCUT2D eigenvalue weighted by atomic mass is 10.0. The number of carboxylic acids is 1. The second kappa shape index (κ2) is 7.07. The number of carbonyl (C=O) groups excluding carboxylic acids is 2. The molecule has 2 fully saturated rings. The Bertz CT molecular complexity index is 783. The number of fused-ring (bicyclic) bond motifs is 3. The standard InChI is InChI=1S/C18H22N4O5/c23-16-4-2-13(18(26)20-16)19-11-1-3-14-15(7-11)27-10-12-8-21(9-17(24)25)5-6-22(12)14/h1,3,7,12-13,19H,2,4-6,8-10H2,(H,24,25)(H,20,23,26)/t12-,13?/m1/s1. The number of amides is 2. The van der Waals surface area contributed by atoms with E-state index in [1.807, 2.05) is 23.1 Å². The van der Waals surface area contributed by atoms with Crippen LogP contribution in [0, 0.1) is 0 Å². The van der Waals surface area contributed by atoms with E-state index in [4.69, 9.17) is 9.84 Å². The molecular formula is C18H22N4O5. The molecule has 0 aromatic heterocycles. The highest BCUT2D eigenvalue weighted by atomic mass is 16.5. The number of hydrogen-bond donors (Lipinski definition) is 3. The number of benzene rings is 1. The largest absolute Gasteiger partial charge is 0.489 e. The molecule has 0 radical (unpaired) electrons. The number of hydrogen-bond acceptors (Lipinski definition) is 7. The number of imide groups is 1. The number of anilines is 2. The van der Waals surface area contributed by atoms with E-state index in [-0.39, 0.29) is 24.4 Å². The minimum atomic E-state index is -0.815. The molecule has 0 saturated carbocycles. The highest BCUT2D eigenvalue weighted by Gasteiger charge is 2.34. The predicted octanol–water partition coefficient (Wildman–Crippen LogP) is -0.129. The number of nitrogens with one attached hydrogen (secondary N) is 2. The van der Waals surface area contributed by atoms with Crippen LogP contribution in [0.4, 0.5) is 11.4 Å². The molecule has 3 N–H and O–H groups in total. The van der Waals surface area contributed by atoms with Crippen molar-refractivity contribution >= 4 is 29.2 Å². The lowest BCUT2D eigenvalue weighted by molar-refractivity contribution is -0.138. The van der Waals surface area contributed by atoms with Gasteiger partial charge in [0, 0.05) is 37.8 Å². The molecule has 3 heterocycles. The minimum Gasteiger partial charge on any atom is -0.489 e. The molecule has 1 aromatic rings. The summed E-state index contributed by atoms with van der Waals surface area (Å²) < 4.78 is 5.91. The van der Waals surface area contributed by atoms with E-state index in [2.05, 4.69) is 15.5 Å². The maximum absolute atomic E-state index is 11.9. The van der Waals surface area contributed by atoms with E-state index in [0.717, 1.165) is 23.7 Å². The Morgan fingerprint density at radius 1 is 1.33 bits per heavy atom. The van der Waals surface area contributed by atoms with Gasteiger partial charge in [-0.05, 0) is 18.6 Å².